The molecule has 0 amide bonds. The number of hydrogen-bond acceptors (Lipinski definition) is 4. The van der Waals surface area contributed by atoms with Crippen LogP contribution < -0.4 is 5.46 Å². The van der Waals surface area contributed by atoms with Gasteiger partial charge in [0, 0.05) is 0 Å². The van der Waals surface area contributed by atoms with Gasteiger partial charge in [-0.25, -0.2) is 9.18 Å². The van der Waals surface area contributed by atoms with Gasteiger partial charge in [-0.1, -0.05) is 6.07 Å². The first-order valence-corrected chi connectivity index (χ1v) is 7.36. The Balaban J connectivity index is 2.19. The van der Waals surface area contributed by atoms with Crippen molar-refractivity contribution in [2.75, 3.05) is 0 Å². The summed E-state index contributed by atoms with van der Waals surface area (Å²) >= 11 is 0. The Kier molecular flexibility index (Phi) is 4.37. The molecule has 6 heteroatoms. The lowest BCUT2D eigenvalue weighted by atomic mass is 9.79. The summed E-state index contributed by atoms with van der Waals surface area (Å²) in [6.45, 7) is 11.0. The van der Waals surface area contributed by atoms with E-state index >= 15 is 0 Å². The van der Waals surface area contributed by atoms with Gasteiger partial charge in [-0.05, 0) is 59.1 Å². The van der Waals surface area contributed by atoms with Crippen LogP contribution in [-0.2, 0) is 14.0 Å². The van der Waals surface area contributed by atoms with E-state index < -0.39 is 30.1 Å². The van der Waals surface area contributed by atoms with Gasteiger partial charge in [-0.15, -0.1) is 0 Å². The average molecular weight is 308 g/mol. The number of rotatable bonds is 2. The Labute approximate surface area is 131 Å². The smallest absolute Gasteiger partial charge is 0.456 e. The number of carbonyl (C=O) groups excluding carboxylic acids is 1. The Hall–Kier alpha value is -1.40. The summed E-state index contributed by atoms with van der Waals surface area (Å²) < 4.78 is 30.9. The third-order valence-electron chi connectivity index (χ3n) is 3.60. The highest BCUT2D eigenvalue weighted by molar-refractivity contribution is 6.62. The molecule has 0 bridgehead atoms. The Morgan fingerprint density at radius 3 is 2.45 bits per heavy atom. The average Bonchev–Trinajstić information content (AvgIpc) is 2.61. The minimum Gasteiger partial charge on any atom is -0.456 e. The molecule has 1 aliphatic heterocycles. The van der Waals surface area contributed by atoms with Crippen LogP contribution in [0.5, 0.6) is 0 Å². The van der Waals surface area contributed by atoms with Crippen molar-refractivity contribution in [2.45, 2.75) is 58.8 Å². The Bertz CT molecular complexity index is 580. The summed E-state index contributed by atoms with van der Waals surface area (Å²) in [5, 5.41) is 0. The van der Waals surface area contributed by atoms with Crippen molar-refractivity contribution in [3.05, 3.63) is 29.6 Å². The number of esters is 1. The number of benzene rings is 1. The van der Waals surface area contributed by atoms with Crippen LogP contribution in [0.4, 0.5) is 4.39 Å². The summed E-state index contributed by atoms with van der Waals surface area (Å²) in [5.41, 5.74) is -0.657. The standard InChI is InChI=1S/C16H22BFO4/c1-10-16(5,6)22-17(21-10)11-7-8-12(13(18)9-11)14(19)20-15(2,3)4/h7-10H,1-6H3. The number of halogens is 1. The predicted octanol–water partition coefficient (Wildman–Crippen LogP) is 2.69. The molecule has 22 heavy (non-hydrogen) atoms. The van der Waals surface area contributed by atoms with Gasteiger partial charge < -0.3 is 14.0 Å². The topological polar surface area (TPSA) is 44.8 Å². The molecule has 0 N–H and O–H groups in total. The monoisotopic (exact) mass is 308 g/mol. The van der Waals surface area contributed by atoms with Gasteiger partial charge in [0.25, 0.3) is 0 Å². The van der Waals surface area contributed by atoms with Gasteiger partial charge in [0.2, 0.25) is 0 Å². The van der Waals surface area contributed by atoms with Crippen molar-refractivity contribution >= 4 is 18.6 Å². The lowest BCUT2D eigenvalue weighted by Crippen LogP contribution is -2.35. The molecular formula is C16H22BFO4. The molecule has 1 aromatic carbocycles. The molecule has 1 unspecified atom stereocenters. The molecule has 1 fully saturated rings. The van der Waals surface area contributed by atoms with Gasteiger partial charge in [-0.3, -0.25) is 0 Å². The third kappa shape index (κ3) is 3.68. The van der Waals surface area contributed by atoms with Crippen LogP contribution in [0.2, 0.25) is 0 Å². The molecule has 4 nitrogen and oxygen atoms in total. The zero-order valence-electron chi connectivity index (χ0n) is 13.9. The lowest BCUT2D eigenvalue weighted by Gasteiger charge is -2.21. The maximum absolute atomic E-state index is 14.2. The first-order valence-electron chi connectivity index (χ1n) is 7.36. The quantitative estimate of drug-likeness (QED) is 0.622. The van der Waals surface area contributed by atoms with Crippen LogP contribution in [0.3, 0.4) is 0 Å². The maximum atomic E-state index is 14.2. The van der Waals surface area contributed by atoms with Gasteiger partial charge in [0.05, 0.1) is 17.3 Å². The van der Waals surface area contributed by atoms with Gasteiger partial charge in [0.1, 0.15) is 11.4 Å². The molecule has 1 saturated heterocycles. The first-order chi connectivity index (χ1) is 9.99. The zero-order valence-corrected chi connectivity index (χ0v) is 13.9. The molecular weight excluding hydrogens is 286 g/mol. The fourth-order valence-electron chi connectivity index (χ4n) is 2.07. The third-order valence-corrected chi connectivity index (χ3v) is 3.60. The van der Waals surface area contributed by atoms with Crippen molar-refractivity contribution in [3.63, 3.8) is 0 Å². The summed E-state index contributed by atoms with van der Waals surface area (Å²) in [5.74, 6) is -1.32. The largest absolute Gasteiger partial charge is 0.494 e. The van der Waals surface area contributed by atoms with E-state index in [0.29, 0.717) is 5.46 Å². The molecule has 2 rings (SSSR count). The van der Waals surface area contributed by atoms with E-state index in [9.17, 15) is 9.18 Å². The second-order valence-corrected chi connectivity index (χ2v) is 7.07. The zero-order chi connectivity index (χ0) is 16.7. The van der Waals surface area contributed by atoms with E-state index in [1.807, 2.05) is 20.8 Å². The van der Waals surface area contributed by atoms with Crippen LogP contribution in [0.25, 0.3) is 0 Å². The summed E-state index contributed by atoms with van der Waals surface area (Å²) in [7, 11) is -0.632. The van der Waals surface area contributed by atoms with E-state index in [0.717, 1.165) is 0 Å². The molecule has 1 aliphatic rings. The minimum absolute atomic E-state index is 0.0935. The lowest BCUT2D eigenvalue weighted by molar-refractivity contribution is 0.00647. The first kappa shape index (κ1) is 17.0. The number of hydrogen-bond donors (Lipinski definition) is 0. The van der Waals surface area contributed by atoms with Crippen LogP contribution in [0, 0.1) is 5.82 Å². The van der Waals surface area contributed by atoms with E-state index in [1.165, 1.54) is 12.1 Å². The van der Waals surface area contributed by atoms with Gasteiger partial charge in [-0.2, -0.15) is 0 Å². The van der Waals surface area contributed by atoms with E-state index in [2.05, 4.69) is 0 Å². The second-order valence-electron chi connectivity index (χ2n) is 7.07. The summed E-state index contributed by atoms with van der Waals surface area (Å²) in [4.78, 5) is 11.9. The molecule has 1 heterocycles. The molecule has 1 atom stereocenters. The molecule has 0 saturated carbocycles. The molecule has 120 valence electrons. The Morgan fingerprint density at radius 1 is 1.36 bits per heavy atom. The van der Waals surface area contributed by atoms with Crippen molar-refractivity contribution < 1.29 is 23.2 Å². The highest BCUT2D eigenvalue weighted by Gasteiger charge is 2.44. The highest BCUT2D eigenvalue weighted by atomic mass is 19.1. The normalized spacial score (nSPS) is 21.0. The van der Waals surface area contributed by atoms with Crippen LogP contribution >= 0.6 is 0 Å². The molecule has 0 aromatic heterocycles. The van der Waals surface area contributed by atoms with Gasteiger partial charge >= 0.3 is 13.1 Å². The molecule has 0 aliphatic carbocycles. The summed E-state index contributed by atoms with van der Waals surface area (Å²) in [6, 6.07) is 4.29. The number of carbonyl (C=O) groups is 1. The van der Waals surface area contributed by atoms with Crippen molar-refractivity contribution in [2.24, 2.45) is 0 Å². The van der Waals surface area contributed by atoms with Crippen molar-refractivity contribution in [1.82, 2.24) is 0 Å². The highest BCUT2D eigenvalue weighted by Crippen LogP contribution is 2.27. The molecule has 0 spiro atoms. The second kappa shape index (κ2) is 5.67. The molecule has 1 aromatic rings. The number of ether oxygens (including phenoxy) is 1. The van der Waals surface area contributed by atoms with E-state index in [1.54, 1.807) is 26.8 Å². The van der Waals surface area contributed by atoms with Crippen LogP contribution in [0.15, 0.2) is 18.2 Å². The minimum atomic E-state index is -0.682. The van der Waals surface area contributed by atoms with E-state index in [-0.39, 0.29) is 11.7 Å². The summed E-state index contributed by atoms with van der Waals surface area (Å²) in [6.07, 6.45) is -0.105. The fraction of sp³-hybridized carbons (Fsp3) is 0.562. The van der Waals surface area contributed by atoms with Crippen molar-refractivity contribution in [1.29, 1.82) is 0 Å². The van der Waals surface area contributed by atoms with Crippen molar-refractivity contribution in [3.8, 4) is 0 Å². The molecule has 0 radical (unpaired) electrons. The van der Waals surface area contributed by atoms with E-state index in [4.69, 9.17) is 14.0 Å². The maximum Gasteiger partial charge on any atom is 0.494 e. The fourth-order valence-corrected chi connectivity index (χ4v) is 2.07. The van der Waals surface area contributed by atoms with Gasteiger partial charge in [0.15, 0.2) is 0 Å². The Morgan fingerprint density at radius 2 is 2.00 bits per heavy atom. The SMILES string of the molecule is CC1OB(c2ccc(C(=O)OC(C)(C)C)c(F)c2)OC1(C)C. The van der Waals surface area contributed by atoms with Crippen LogP contribution in [-0.4, -0.2) is 30.4 Å². The predicted molar refractivity (Wildman–Crippen MR) is 82.7 cm³/mol. The van der Waals surface area contributed by atoms with Crippen LogP contribution in [0.1, 0.15) is 51.9 Å².